The largest absolute Gasteiger partial charge is 0.353 e. The zero-order valence-corrected chi connectivity index (χ0v) is 12.6. The lowest BCUT2D eigenvalue weighted by Gasteiger charge is -2.39. The van der Waals surface area contributed by atoms with Crippen LogP contribution in [0.1, 0.15) is 46.0 Å². The van der Waals surface area contributed by atoms with Crippen LogP contribution in [-0.4, -0.2) is 41.9 Å². The van der Waals surface area contributed by atoms with E-state index in [4.69, 9.17) is 5.73 Å². The fourth-order valence-corrected chi connectivity index (χ4v) is 3.57. The van der Waals surface area contributed by atoms with Gasteiger partial charge in [-0.15, -0.1) is 0 Å². The average Bonchev–Trinajstić information content (AvgIpc) is 2.45. The van der Waals surface area contributed by atoms with Crippen LogP contribution < -0.4 is 11.1 Å². The molecule has 0 aromatic carbocycles. The predicted octanol–water partition coefficient (Wildman–Crippen LogP) is 0.877. The molecule has 0 bridgehead atoms. The van der Waals surface area contributed by atoms with E-state index in [0.29, 0.717) is 25.4 Å². The molecule has 0 radical (unpaired) electrons. The van der Waals surface area contributed by atoms with Gasteiger partial charge in [0.1, 0.15) is 6.04 Å². The number of carbonyl (C=O) groups excluding carboxylic acids is 2. The van der Waals surface area contributed by atoms with Crippen LogP contribution in [0.15, 0.2) is 0 Å². The first-order chi connectivity index (χ1) is 9.54. The molecule has 4 unspecified atom stereocenters. The second kappa shape index (κ2) is 6.57. The number of amides is 2. The first-order valence-corrected chi connectivity index (χ1v) is 7.88. The van der Waals surface area contributed by atoms with E-state index >= 15 is 0 Å². The highest BCUT2D eigenvalue weighted by Crippen LogP contribution is 2.31. The SMILES string of the molecule is CCC1C(=O)NCCN1C(=O)C(C)C1CCCC(N)C1. The van der Waals surface area contributed by atoms with Crippen molar-refractivity contribution >= 4 is 11.8 Å². The standard InChI is InChI=1S/C15H27N3O2/c1-3-13-14(19)17-7-8-18(13)15(20)10(2)11-5-4-6-12(16)9-11/h10-13H,3-9,16H2,1-2H3,(H,17,19). The van der Waals surface area contributed by atoms with E-state index in [9.17, 15) is 9.59 Å². The van der Waals surface area contributed by atoms with E-state index in [1.807, 2.05) is 13.8 Å². The van der Waals surface area contributed by atoms with Crippen LogP contribution in [0, 0.1) is 11.8 Å². The monoisotopic (exact) mass is 281 g/mol. The number of carbonyl (C=O) groups is 2. The number of nitrogens with zero attached hydrogens (tertiary/aromatic N) is 1. The van der Waals surface area contributed by atoms with Crippen LogP contribution in [-0.2, 0) is 9.59 Å². The highest BCUT2D eigenvalue weighted by Gasteiger charge is 2.37. The van der Waals surface area contributed by atoms with E-state index in [1.54, 1.807) is 4.90 Å². The van der Waals surface area contributed by atoms with Crippen molar-refractivity contribution in [1.82, 2.24) is 10.2 Å². The Hall–Kier alpha value is -1.10. The Bertz CT molecular complexity index is 372. The molecule has 3 N–H and O–H groups in total. The highest BCUT2D eigenvalue weighted by atomic mass is 16.2. The molecule has 2 fully saturated rings. The van der Waals surface area contributed by atoms with Crippen molar-refractivity contribution in [2.75, 3.05) is 13.1 Å². The van der Waals surface area contributed by atoms with E-state index < -0.39 is 0 Å². The number of hydrogen-bond acceptors (Lipinski definition) is 3. The van der Waals surface area contributed by atoms with Crippen molar-refractivity contribution in [2.45, 2.75) is 58.0 Å². The van der Waals surface area contributed by atoms with Gasteiger partial charge in [-0.3, -0.25) is 9.59 Å². The van der Waals surface area contributed by atoms with Crippen LogP contribution in [0.25, 0.3) is 0 Å². The smallest absolute Gasteiger partial charge is 0.242 e. The maximum atomic E-state index is 12.7. The average molecular weight is 281 g/mol. The molecule has 2 aliphatic rings. The summed E-state index contributed by atoms with van der Waals surface area (Å²) in [6, 6.07) is -0.0633. The van der Waals surface area contributed by atoms with Gasteiger partial charge in [0.05, 0.1) is 0 Å². The molecule has 0 aromatic rings. The van der Waals surface area contributed by atoms with Crippen molar-refractivity contribution in [3.63, 3.8) is 0 Å². The zero-order valence-electron chi connectivity index (χ0n) is 12.6. The Morgan fingerprint density at radius 1 is 1.50 bits per heavy atom. The summed E-state index contributed by atoms with van der Waals surface area (Å²) in [6.07, 6.45) is 4.87. The molecule has 0 aromatic heterocycles. The fraction of sp³-hybridized carbons (Fsp3) is 0.867. The van der Waals surface area contributed by atoms with E-state index in [2.05, 4.69) is 5.32 Å². The molecule has 2 amide bonds. The van der Waals surface area contributed by atoms with Crippen molar-refractivity contribution in [3.05, 3.63) is 0 Å². The Kier molecular flexibility index (Phi) is 5.02. The maximum Gasteiger partial charge on any atom is 0.242 e. The Morgan fingerprint density at radius 2 is 2.25 bits per heavy atom. The normalized spacial score (nSPS) is 32.6. The van der Waals surface area contributed by atoms with Crippen LogP contribution in [0.2, 0.25) is 0 Å². The molecule has 20 heavy (non-hydrogen) atoms. The minimum absolute atomic E-state index is 0.0142. The number of nitrogens with one attached hydrogen (secondary N) is 1. The summed E-state index contributed by atoms with van der Waals surface area (Å²) in [7, 11) is 0. The summed E-state index contributed by atoms with van der Waals surface area (Å²) in [5.41, 5.74) is 6.03. The number of piperazine rings is 1. The summed E-state index contributed by atoms with van der Waals surface area (Å²) < 4.78 is 0. The van der Waals surface area contributed by atoms with Gasteiger partial charge in [0.25, 0.3) is 0 Å². The molecule has 5 heteroatoms. The van der Waals surface area contributed by atoms with Gasteiger partial charge in [-0.05, 0) is 31.6 Å². The highest BCUT2D eigenvalue weighted by molar-refractivity contribution is 5.89. The molecule has 1 saturated heterocycles. The van der Waals surface area contributed by atoms with Crippen LogP contribution >= 0.6 is 0 Å². The van der Waals surface area contributed by atoms with Crippen LogP contribution in [0.3, 0.4) is 0 Å². The second-order valence-corrected chi connectivity index (χ2v) is 6.22. The lowest BCUT2D eigenvalue weighted by molar-refractivity contribution is -0.147. The molecule has 2 rings (SSSR count). The van der Waals surface area contributed by atoms with Gasteiger partial charge in [-0.25, -0.2) is 0 Å². The topological polar surface area (TPSA) is 75.4 Å². The van der Waals surface area contributed by atoms with Gasteiger partial charge in [-0.2, -0.15) is 0 Å². The minimum atomic E-state index is -0.295. The number of nitrogens with two attached hydrogens (primary N) is 1. The summed E-state index contributed by atoms with van der Waals surface area (Å²) in [6.45, 7) is 5.16. The number of rotatable bonds is 3. The third kappa shape index (κ3) is 3.14. The molecule has 5 nitrogen and oxygen atoms in total. The number of hydrogen-bond donors (Lipinski definition) is 2. The molecule has 4 atom stereocenters. The Labute approximate surface area is 121 Å². The van der Waals surface area contributed by atoms with Gasteiger partial charge < -0.3 is 16.0 Å². The Morgan fingerprint density at radius 3 is 2.90 bits per heavy atom. The third-order valence-electron chi connectivity index (χ3n) is 4.85. The lowest BCUT2D eigenvalue weighted by Crippen LogP contribution is -2.58. The lowest BCUT2D eigenvalue weighted by atomic mass is 9.78. The van der Waals surface area contributed by atoms with Gasteiger partial charge in [0, 0.05) is 25.0 Å². The molecule has 1 saturated carbocycles. The maximum absolute atomic E-state index is 12.7. The molecule has 0 spiro atoms. The zero-order chi connectivity index (χ0) is 14.7. The second-order valence-electron chi connectivity index (χ2n) is 6.22. The first-order valence-electron chi connectivity index (χ1n) is 7.88. The van der Waals surface area contributed by atoms with Crippen molar-refractivity contribution in [3.8, 4) is 0 Å². The van der Waals surface area contributed by atoms with Gasteiger partial charge in [0.15, 0.2) is 0 Å². The van der Waals surface area contributed by atoms with Crippen molar-refractivity contribution in [2.24, 2.45) is 17.6 Å². The molecular formula is C15H27N3O2. The molecule has 1 heterocycles. The predicted molar refractivity (Wildman–Crippen MR) is 77.9 cm³/mol. The molecule has 1 aliphatic heterocycles. The van der Waals surface area contributed by atoms with E-state index in [-0.39, 0.29) is 29.8 Å². The summed E-state index contributed by atoms with van der Waals surface area (Å²) in [5.74, 6) is 0.459. The molecular weight excluding hydrogens is 254 g/mol. The summed E-state index contributed by atoms with van der Waals surface area (Å²) in [5, 5.41) is 2.84. The van der Waals surface area contributed by atoms with Gasteiger partial charge in [-0.1, -0.05) is 20.3 Å². The van der Waals surface area contributed by atoms with Crippen molar-refractivity contribution < 1.29 is 9.59 Å². The minimum Gasteiger partial charge on any atom is -0.353 e. The molecule has 114 valence electrons. The van der Waals surface area contributed by atoms with Gasteiger partial charge >= 0.3 is 0 Å². The van der Waals surface area contributed by atoms with Crippen LogP contribution in [0.4, 0.5) is 0 Å². The van der Waals surface area contributed by atoms with Gasteiger partial charge in [0.2, 0.25) is 11.8 Å². The summed E-state index contributed by atoms with van der Waals surface area (Å²) in [4.78, 5) is 26.4. The van der Waals surface area contributed by atoms with E-state index in [1.165, 1.54) is 0 Å². The third-order valence-corrected chi connectivity index (χ3v) is 4.85. The summed E-state index contributed by atoms with van der Waals surface area (Å²) >= 11 is 0. The van der Waals surface area contributed by atoms with E-state index in [0.717, 1.165) is 25.7 Å². The Balaban J connectivity index is 2.03. The molecule has 1 aliphatic carbocycles. The quantitative estimate of drug-likeness (QED) is 0.806. The van der Waals surface area contributed by atoms with Crippen LogP contribution in [0.5, 0.6) is 0 Å². The fourth-order valence-electron chi connectivity index (χ4n) is 3.57. The van der Waals surface area contributed by atoms with Crippen molar-refractivity contribution in [1.29, 1.82) is 0 Å². The first kappa shape index (κ1) is 15.3.